The summed E-state index contributed by atoms with van der Waals surface area (Å²) in [7, 11) is 5.00. The zero-order valence-corrected chi connectivity index (χ0v) is 15.9. The average Bonchev–Trinajstić information content (AvgIpc) is 2.74. The second-order valence-corrected chi connectivity index (χ2v) is 6.36. The van der Waals surface area contributed by atoms with Crippen LogP contribution < -0.4 is 15.2 Å². The van der Waals surface area contributed by atoms with Crippen LogP contribution in [0.15, 0.2) is 59.7 Å². The Balaban J connectivity index is 1.94. The molecule has 142 valence electrons. The Bertz CT molecular complexity index is 1220. The van der Waals surface area contributed by atoms with Crippen LogP contribution in [0.3, 0.4) is 0 Å². The van der Waals surface area contributed by atoms with Crippen LogP contribution in [-0.2, 0) is 11.3 Å². The largest absolute Gasteiger partial charge is 0.493 e. The van der Waals surface area contributed by atoms with Crippen LogP contribution in [-0.4, -0.2) is 35.6 Å². The smallest absolute Gasteiger partial charge is 0.265 e. The van der Waals surface area contributed by atoms with Crippen LogP contribution in [0.1, 0.15) is 5.56 Å². The lowest BCUT2D eigenvalue weighted by Gasteiger charge is -2.22. The zero-order chi connectivity index (χ0) is 19.7. The number of benzene rings is 1. The molecule has 0 bridgehead atoms. The molecule has 0 spiro atoms. The molecule has 0 aliphatic rings. The van der Waals surface area contributed by atoms with Crippen LogP contribution >= 0.6 is 0 Å². The monoisotopic (exact) mass is 376 g/mol. The lowest BCUT2D eigenvalue weighted by molar-refractivity contribution is 0.183. The number of rotatable bonds is 5. The fourth-order valence-corrected chi connectivity index (χ4v) is 3.26. The summed E-state index contributed by atoms with van der Waals surface area (Å²) in [6.45, 7) is 0.154. The van der Waals surface area contributed by atoms with E-state index >= 15 is 0 Å². The third kappa shape index (κ3) is 2.95. The van der Waals surface area contributed by atoms with Crippen LogP contribution in [0.25, 0.3) is 16.6 Å². The fourth-order valence-electron chi connectivity index (χ4n) is 3.26. The second kappa shape index (κ2) is 7.28. The van der Waals surface area contributed by atoms with Gasteiger partial charge in [0.15, 0.2) is 11.4 Å². The molecule has 0 saturated heterocycles. The van der Waals surface area contributed by atoms with Gasteiger partial charge in [0.1, 0.15) is 5.82 Å². The number of fused-ring (bicyclic) bond motifs is 2. The molecule has 0 aliphatic heterocycles. The first-order chi connectivity index (χ1) is 13.6. The molecule has 0 N–H and O–H groups in total. The summed E-state index contributed by atoms with van der Waals surface area (Å²) in [5, 5.41) is 1.01. The van der Waals surface area contributed by atoms with Crippen molar-refractivity contribution in [3.63, 3.8) is 0 Å². The lowest BCUT2D eigenvalue weighted by atomic mass is 10.2. The van der Waals surface area contributed by atoms with E-state index in [0.29, 0.717) is 22.8 Å². The molecule has 0 amide bonds. The first-order valence-electron chi connectivity index (χ1n) is 8.79. The summed E-state index contributed by atoms with van der Waals surface area (Å²) in [6, 6.07) is 13.4. The summed E-state index contributed by atoms with van der Waals surface area (Å²) in [5.41, 5.74) is 2.55. The van der Waals surface area contributed by atoms with E-state index in [-0.39, 0.29) is 12.2 Å². The van der Waals surface area contributed by atoms with E-state index < -0.39 is 0 Å². The van der Waals surface area contributed by atoms with Gasteiger partial charge in [-0.1, -0.05) is 6.07 Å². The van der Waals surface area contributed by atoms with Crippen molar-refractivity contribution < 1.29 is 9.47 Å². The molecule has 4 aromatic rings. The van der Waals surface area contributed by atoms with Gasteiger partial charge in [-0.15, -0.1) is 0 Å². The van der Waals surface area contributed by atoms with E-state index in [4.69, 9.17) is 14.5 Å². The van der Waals surface area contributed by atoms with Crippen molar-refractivity contribution in [1.29, 1.82) is 0 Å². The van der Waals surface area contributed by atoms with E-state index in [9.17, 15) is 4.79 Å². The number of aromatic nitrogens is 3. The van der Waals surface area contributed by atoms with Crippen molar-refractivity contribution >= 4 is 28.1 Å². The minimum absolute atomic E-state index is 0.154. The number of pyridine rings is 2. The Morgan fingerprint density at radius 3 is 2.79 bits per heavy atom. The Labute approximate surface area is 161 Å². The SMILES string of the molecule is COCc1c(N(C)c2ccc3ncccc3c2)nc2c(OC)cccn2c1=O. The number of hydrogen-bond donors (Lipinski definition) is 0. The third-order valence-corrected chi connectivity index (χ3v) is 4.69. The number of anilines is 2. The minimum atomic E-state index is -0.185. The van der Waals surface area contributed by atoms with Gasteiger partial charge in [0, 0.05) is 37.6 Å². The lowest BCUT2D eigenvalue weighted by Crippen LogP contribution is -2.26. The number of ether oxygens (including phenoxy) is 2. The van der Waals surface area contributed by atoms with E-state index in [1.807, 2.05) is 42.3 Å². The highest BCUT2D eigenvalue weighted by atomic mass is 16.5. The molecule has 0 unspecified atom stereocenters. The molecule has 3 heterocycles. The summed E-state index contributed by atoms with van der Waals surface area (Å²) in [5.74, 6) is 1.06. The van der Waals surface area contributed by atoms with Gasteiger partial charge in [0.25, 0.3) is 5.56 Å². The van der Waals surface area contributed by atoms with E-state index in [2.05, 4.69) is 4.98 Å². The molecule has 3 aromatic heterocycles. The first kappa shape index (κ1) is 17.9. The maximum absolute atomic E-state index is 13.1. The number of nitrogens with zero attached hydrogens (tertiary/aromatic N) is 4. The second-order valence-electron chi connectivity index (χ2n) is 6.36. The van der Waals surface area contributed by atoms with Crippen molar-refractivity contribution in [1.82, 2.24) is 14.4 Å². The summed E-state index contributed by atoms with van der Waals surface area (Å²) < 4.78 is 12.2. The van der Waals surface area contributed by atoms with Gasteiger partial charge in [0.2, 0.25) is 0 Å². The summed E-state index contributed by atoms with van der Waals surface area (Å²) in [6.07, 6.45) is 3.44. The average molecular weight is 376 g/mol. The van der Waals surface area contributed by atoms with E-state index in [1.54, 1.807) is 38.7 Å². The van der Waals surface area contributed by atoms with Crippen LogP contribution in [0.4, 0.5) is 11.5 Å². The Hall–Kier alpha value is -3.45. The summed E-state index contributed by atoms with van der Waals surface area (Å²) >= 11 is 0. The normalized spacial score (nSPS) is 11.1. The molecule has 0 atom stereocenters. The standard InChI is InChI=1S/C21H20N4O3/c1-24(15-8-9-17-14(12-15)6-4-10-22-17)19-16(13-27-2)21(26)25-11-5-7-18(28-3)20(25)23-19/h4-12H,13H2,1-3H3. The Morgan fingerprint density at radius 2 is 2.00 bits per heavy atom. The maximum atomic E-state index is 13.1. The third-order valence-electron chi connectivity index (χ3n) is 4.69. The topological polar surface area (TPSA) is 69.0 Å². The molecule has 0 fully saturated rings. The zero-order valence-electron chi connectivity index (χ0n) is 15.9. The quantitative estimate of drug-likeness (QED) is 0.533. The molecular formula is C21H20N4O3. The van der Waals surface area contributed by atoms with Gasteiger partial charge in [-0.25, -0.2) is 4.98 Å². The van der Waals surface area contributed by atoms with Gasteiger partial charge in [-0.05, 0) is 36.4 Å². The highest BCUT2D eigenvalue weighted by Crippen LogP contribution is 2.28. The van der Waals surface area contributed by atoms with Gasteiger partial charge in [-0.3, -0.25) is 14.2 Å². The number of methoxy groups -OCH3 is 2. The minimum Gasteiger partial charge on any atom is -0.493 e. The predicted octanol–water partition coefficient (Wildman–Crippen LogP) is 3.17. The Kier molecular flexibility index (Phi) is 4.67. The van der Waals surface area contributed by atoms with Crippen molar-refractivity contribution in [3.05, 3.63) is 70.8 Å². The predicted molar refractivity (Wildman–Crippen MR) is 109 cm³/mol. The Morgan fingerprint density at radius 1 is 1.14 bits per heavy atom. The van der Waals surface area contributed by atoms with Gasteiger partial charge < -0.3 is 14.4 Å². The summed E-state index contributed by atoms with van der Waals surface area (Å²) in [4.78, 5) is 24.1. The van der Waals surface area contributed by atoms with Crippen molar-refractivity contribution in [2.75, 3.05) is 26.2 Å². The van der Waals surface area contributed by atoms with E-state index in [0.717, 1.165) is 16.6 Å². The number of hydrogen-bond acceptors (Lipinski definition) is 6. The fraction of sp³-hybridized carbons (Fsp3) is 0.190. The molecule has 1 aromatic carbocycles. The highest BCUT2D eigenvalue weighted by Gasteiger charge is 2.19. The first-order valence-corrected chi connectivity index (χ1v) is 8.79. The highest BCUT2D eigenvalue weighted by molar-refractivity contribution is 5.83. The van der Waals surface area contributed by atoms with Gasteiger partial charge in [-0.2, -0.15) is 0 Å². The van der Waals surface area contributed by atoms with Crippen LogP contribution in [0, 0.1) is 0 Å². The molecule has 4 rings (SSSR count). The van der Waals surface area contributed by atoms with E-state index in [1.165, 1.54) is 4.40 Å². The molecule has 7 nitrogen and oxygen atoms in total. The molecular weight excluding hydrogens is 356 g/mol. The molecule has 7 heteroatoms. The molecule has 0 saturated carbocycles. The molecule has 0 radical (unpaired) electrons. The van der Waals surface area contributed by atoms with Crippen LogP contribution in [0.5, 0.6) is 5.75 Å². The van der Waals surface area contributed by atoms with Crippen molar-refractivity contribution in [2.24, 2.45) is 0 Å². The van der Waals surface area contributed by atoms with Gasteiger partial charge in [0.05, 0.1) is 24.8 Å². The van der Waals surface area contributed by atoms with Crippen LogP contribution in [0.2, 0.25) is 0 Å². The molecule has 28 heavy (non-hydrogen) atoms. The molecule has 0 aliphatic carbocycles. The van der Waals surface area contributed by atoms with Crippen molar-refractivity contribution in [2.45, 2.75) is 6.61 Å². The van der Waals surface area contributed by atoms with Crippen molar-refractivity contribution in [3.8, 4) is 5.75 Å². The van der Waals surface area contributed by atoms with Gasteiger partial charge >= 0.3 is 0 Å². The maximum Gasteiger partial charge on any atom is 0.265 e.